The van der Waals surface area contributed by atoms with Crippen LogP contribution in [0.3, 0.4) is 0 Å². The maximum atomic E-state index is 12.3. The van der Waals surface area contributed by atoms with Gasteiger partial charge in [0.2, 0.25) is 5.91 Å². The highest BCUT2D eigenvalue weighted by Gasteiger charge is 2.41. The lowest BCUT2D eigenvalue weighted by Gasteiger charge is -2.26. The first-order valence-corrected chi connectivity index (χ1v) is 9.16. The zero-order chi connectivity index (χ0) is 17.6. The third-order valence-corrected chi connectivity index (χ3v) is 5.50. The van der Waals surface area contributed by atoms with E-state index in [2.05, 4.69) is 25.1 Å². The van der Waals surface area contributed by atoms with Gasteiger partial charge in [-0.1, -0.05) is 41.4 Å². The van der Waals surface area contributed by atoms with Gasteiger partial charge in [0.15, 0.2) is 0 Å². The molecule has 0 radical (unpaired) electrons. The molecule has 2 atom stereocenters. The Morgan fingerprint density at radius 3 is 2.68 bits per heavy atom. The van der Waals surface area contributed by atoms with Crippen LogP contribution in [0.2, 0.25) is 5.02 Å². The van der Waals surface area contributed by atoms with Crippen LogP contribution < -0.4 is 0 Å². The number of carbonyl (C=O) groups is 1. The molecular weight excluding hydrogens is 332 g/mol. The van der Waals surface area contributed by atoms with Gasteiger partial charge in [0.1, 0.15) is 0 Å². The minimum atomic E-state index is -0.0452. The molecule has 0 spiro atoms. The first kappa shape index (κ1) is 16.3. The summed E-state index contributed by atoms with van der Waals surface area (Å²) in [5.41, 5.74) is 5.94. The molecule has 4 heteroatoms. The standard InChI is InChI=1S/C21H21ClN2O/c1-13-6-7-15-4-3-5-18-20(19(15)12-13)23-24(14(2)25)21(18)16-8-10-17(22)11-9-16/h6-12,18,21H,3-5H2,1-2H3/t18-,21-/m1/s1. The predicted molar refractivity (Wildman–Crippen MR) is 101 cm³/mol. The average molecular weight is 353 g/mol. The first-order valence-electron chi connectivity index (χ1n) is 8.78. The van der Waals surface area contributed by atoms with Gasteiger partial charge >= 0.3 is 0 Å². The second kappa shape index (κ2) is 6.30. The molecule has 2 aliphatic rings. The van der Waals surface area contributed by atoms with Gasteiger partial charge in [0, 0.05) is 23.4 Å². The number of carbonyl (C=O) groups excluding carboxylic acids is 1. The highest BCUT2D eigenvalue weighted by atomic mass is 35.5. The number of rotatable bonds is 1. The van der Waals surface area contributed by atoms with Crippen molar-refractivity contribution in [3.8, 4) is 0 Å². The van der Waals surface area contributed by atoms with E-state index in [-0.39, 0.29) is 17.9 Å². The van der Waals surface area contributed by atoms with Crippen molar-refractivity contribution in [1.29, 1.82) is 0 Å². The van der Waals surface area contributed by atoms with E-state index in [0.717, 1.165) is 30.5 Å². The van der Waals surface area contributed by atoms with Crippen molar-refractivity contribution in [2.45, 2.75) is 39.2 Å². The van der Waals surface area contributed by atoms with Gasteiger partial charge in [-0.2, -0.15) is 5.10 Å². The number of hydrazone groups is 1. The molecule has 1 heterocycles. The van der Waals surface area contributed by atoms with Gasteiger partial charge in [-0.15, -0.1) is 0 Å². The van der Waals surface area contributed by atoms with Crippen LogP contribution in [0.15, 0.2) is 47.6 Å². The second-order valence-electron chi connectivity index (χ2n) is 7.00. The van der Waals surface area contributed by atoms with E-state index < -0.39 is 0 Å². The molecule has 1 aliphatic heterocycles. The Labute approximate surface area is 153 Å². The Hall–Kier alpha value is -2.13. The number of halogens is 1. The van der Waals surface area contributed by atoms with Crippen LogP contribution in [-0.4, -0.2) is 16.6 Å². The van der Waals surface area contributed by atoms with E-state index in [9.17, 15) is 4.79 Å². The molecular formula is C21H21ClN2O. The fourth-order valence-electron chi connectivity index (χ4n) is 4.08. The molecule has 0 N–H and O–H groups in total. The number of fused-ring (bicyclic) bond motifs is 3. The molecule has 0 fully saturated rings. The summed E-state index contributed by atoms with van der Waals surface area (Å²) < 4.78 is 0. The third-order valence-electron chi connectivity index (χ3n) is 5.25. The Kier molecular flexibility index (Phi) is 4.12. The van der Waals surface area contributed by atoms with E-state index in [1.807, 2.05) is 24.3 Å². The van der Waals surface area contributed by atoms with Crippen LogP contribution in [-0.2, 0) is 11.2 Å². The number of aryl methyl sites for hydroxylation is 2. The van der Waals surface area contributed by atoms with E-state index in [1.54, 1.807) is 11.9 Å². The van der Waals surface area contributed by atoms with Crippen molar-refractivity contribution in [2.24, 2.45) is 11.0 Å². The fourth-order valence-corrected chi connectivity index (χ4v) is 4.21. The minimum Gasteiger partial charge on any atom is -0.273 e. The molecule has 128 valence electrons. The summed E-state index contributed by atoms with van der Waals surface area (Å²) in [5.74, 6) is 0.211. The predicted octanol–water partition coefficient (Wildman–Crippen LogP) is 4.91. The number of amides is 1. The number of nitrogens with zero attached hydrogens (tertiary/aromatic N) is 2. The largest absolute Gasteiger partial charge is 0.273 e. The minimum absolute atomic E-state index is 0.0188. The molecule has 0 bridgehead atoms. The van der Waals surface area contributed by atoms with Crippen molar-refractivity contribution in [3.05, 3.63) is 69.7 Å². The summed E-state index contributed by atoms with van der Waals surface area (Å²) in [6.07, 6.45) is 3.21. The summed E-state index contributed by atoms with van der Waals surface area (Å²) in [6.45, 7) is 3.70. The van der Waals surface area contributed by atoms with Gasteiger partial charge < -0.3 is 0 Å². The van der Waals surface area contributed by atoms with Crippen molar-refractivity contribution >= 4 is 23.2 Å². The first-order chi connectivity index (χ1) is 12.0. The Morgan fingerprint density at radius 1 is 1.20 bits per heavy atom. The average Bonchev–Trinajstić information content (AvgIpc) is 2.88. The lowest BCUT2D eigenvalue weighted by atomic mass is 9.85. The number of hydrogen-bond donors (Lipinski definition) is 0. The molecule has 1 aliphatic carbocycles. The van der Waals surface area contributed by atoms with Crippen molar-refractivity contribution in [1.82, 2.24) is 5.01 Å². The lowest BCUT2D eigenvalue weighted by molar-refractivity contribution is -0.131. The molecule has 0 aromatic heterocycles. The highest BCUT2D eigenvalue weighted by Crippen LogP contribution is 2.43. The molecule has 0 unspecified atom stereocenters. The molecule has 4 rings (SSSR count). The lowest BCUT2D eigenvalue weighted by Crippen LogP contribution is -2.29. The normalized spacial score (nSPS) is 22.0. The molecule has 1 amide bonds. The van der Waals surface area contributed by atoms with Gasteiger partial charge in [0.25, 0.3) is 0 Å². The summed E-state index contributed by atoms with van der Waals surface area (Å²) in [5, 5.41) is 7.17. The quantitative estimate of drug-likeness (QED) is 0.717. The zero-order valence-electron chi connectivity index (χ0n) is 14.5. The highest BCUT2D eigenvalue weighted by molar-refractivity contribution is 6.30. The maximum absolute atomic E-state index is 12.3. The summed E-state index contributed by atoms with van der Waals surface area (Å²) in [6, 6.07) is 14.4. The maximum Gasteiger partial charge on any atom is 0.240 e. The topological polar surface area (TPSA) is 32.7 Å². The molecule has 2 aromatic carbocycles. The van der Waals surface area contributed by atoms with Crippen LogP contribution in [0.1, 0.15) is 48.1 Å². The molecule has 0 saturated heterocycles. The Bertz CT molecular complexity index is 857. The molecule has 0 saturated carbocycles. The Balaban J connectivity index is 1.84. The molecule has 3 nitrogen and oxygen atoms in total. The number of hydrogen-bond acceptors (Lipinski definition) is 2. The van der Waals surface area contributed by atoms with Crippen molar-refractivity contribution in [3.63, 3.8) is 0 Å². The van der Waals surface area contributed by atoms with E-state index in [4.69, 9.17) is 16.7 Å². The van der Waals surface area contributed by atoms with Gasteiger partial charge in [-0.25, -0.2) is 5.01 Å². The monoisotopic (exact) mass is 352 g/mol. The third kappa shape index (κ3) is 2.87. The van der Waals surface area contributed by atoms with E-state index in [1.165, 1.54) is 16.7 Å². The van der Waals surface area contributed by atoms with E-state index in [0.29, 0.717) is 5.02 Å². The van der Waals surface area contributed by atoms with Gasteiger partial charge in [0.05, 0.1) is 11.8 Å². The van der Waals surface area contributed by atoms with Crippen LogP contribution in [0.25, 0.3) is 0 Å². The smallest absolute Gasteiger partial charge is 0.240 e. The number of benzene rings is 2. The molecule has 25 heavy (non-hydrogen) atoms. The summed E-state index contributed by atoms with van der Waals surface area (Å²) >= 11 is 6.06. The van der Waals surface area contributed by atoms with Crippen LogP contribution in [0.4, 0.5) is 0 Å². The SMILES string of the molecule is CC(=O)N1N=C2c3cc(C)ccc3CCC[C@H]2[C@H]1c1ccc(Cl)cc1. The summed E-state index contributed by atoms with van der Waals surface area (Å²) in [7, 11) is 0. The van der Waals surface area contributed by atoms with Gasteiger partial charge in [-0.05, 0) is 55.5 Å². The van der Waals surface area contributed by atoms with Gasteiger partial charge in [-0.3, -0.25) is 4.79 Å². The van der Waals surface area contributed by atoms with Crippen LogP contribution in [0, 0.1) is 12.8 Å². The van der Waals surface area contributed by atoms with Crippen LogP contribution >= 0.6 is 11.6 Å². The van der Waals surface area contributed by atoms with Crippen LogP contribution in [0.5, 0.6) is 0 Å². The second-order valence-corrected chi connectivity index (χ2v) is 7.44. The van der Waals surface area contributed by atoms with E-state index >= 15 is 0 Å². The Morgan fingerprint density at radius 2 is 1.96 bits per heavy atom. The van der Waals surface area contributed by atoms with Crippen molar-refractivity contribution in [2.75, 3.05) is 0 Å². The zero-order valence-corrected chi connectivity index (χ0v) is 15.3. The van der Waals surface area contributed by atoms with Crippen molar-refractivity contribution < 1.29 is 4.79 Å². The molecule has 2 aromatic rings. The fraction of sp³-hybridized carbons (Fsp3) is 0.333. The summed E-state index contributed by atoms with van der Waals surface area (Å²) in [4.78, 5) is 12.3.